The molecule has 6 nitrogen and oxygen atoms in total. The summed E-state index contributed by atoms with van der Waals surface area (Å²) < 4.78 is 3.29. The summed E-state index contributed by atoms with van der Waals surface area (Å²) in [5.74, 6) is 1.17. The number of rotatable bonds is 5. The predicted molar refractivity (Wildman–Crippen MR) is 111 cm³/mol. The zero-order chi connectivity index (χ0) is 19.7. The Hall–Kier alpha value is -2.70. The molecule has 1 unspecified atom stereocenters. The van der Waals surface area contributed by atoms with Gasteiger partial charge in [0.25, 0.3) is 0 Å². The Labute approximate surface area is 165 Å². The number of hydrogen-bond acceptors (Lipinski definition) is 4. The molecule has 2 heterocycles. The highest BCUT2D eigenvalue weighted by molar-refractivity contribution is 5.42. The van der Waals surface area contributed by atoms with Crippen LogP contribution in [0, 0.1) is 6.92 Å². The van der Waals surface area contributed by atoms with Crippen molar-refractivity contribution in [2.45, 2.75) is 39.2 Å². The molecular weight excluding hydrogens is 350 g/mol. The lowest BCUT2D eigenvalue weighted by molar-refractivity contribution is 0.595. The number of hydrazine groups is 1. The van der Waals surface area contributed by atoms with Crippen molar-refractivity contribution in [1.82, 2.24) is 25.2 Å². The van der Waals surface area contributed by atoms with E-state index in [1.54, 1.807) is 4.57 Å². The highest BCUT2D eigenvalue weighted by Gasteiger charge is 2.21. The average molecular weight is 377 g/mol. The van der Waals surface area contributed by atoms with Crippen LogP contribution in [0.5, 0.6) is 0 Å². The first-order chi connectivity index (χ1) is 13.6. The molecule has 6 heteroatoms. The third-order valence-corrected chi connectivity index (χ3v) is 5.66. The summed E-state index contributed by atoms with van der Waals surface area (Å²) in [4.78, 5) is 13.2. The summed E-state index contributed by atoms with van der Waals surface area (Å²) in [5.41, 5.74) is 10.8. The fourth-order valence-corrected chi connectivity index (χ4v) is 4.08. The summed E-state index contributed by atoms with van der Waals surface area (Å²) in [7, 11) is 0. The van der Waals surface area contributed by atoms with Gasteiger partial charge in [0.05, 0.1) is 11.7 Å². The molecule has 28 heavy (non-hydrogen) atoms. The van der Waals surface area contributed by atoms with Gasteiger partial charge in [-0.15, -0.1) is 0 Å². The van der Waals surface area contributed by atoms with E-state index in [1.165, 1.54) is 15.8 Å². The van der Waals surface area contributed by atoms with Crippen molar-refractivity contribution in [3.05, 3.63) is 81.5 Å². The average Bonchev–Trinajstić information content (AvgIpc) is 3.36. The van der Waals surface area contributed by atoms with Crippen LogP contribution in [0.3, 0.4) is 0 Å². The monoisotopic (exact) mass is 377 g/mol. The maximum Gasteiger partial charge on any atom is 0.351 e. The molecule has 2 aromatic carbocycles. The molecule has 0 radical (unpaired) electrons. The first-order valence-electron chi connectivity index (χ1n) is 9.92. The van der Waals surface area contributed by atoms with Crippen LogP contribution < -0.4 is 16.5 Å². The number of benzene rings is 2. The molecule has 4 rings (SSSR count). The topological polar surface area (TPSA) is 63.9 Å². The van der Waals surface area contributed by atoms with Crippen molar-refractivity contribution in [3.8, 4) is 5.69 Å². The molecule has 1 atom stereocenters. The molecule has 0 saturated carbocycles. The molecule has 0 amide bonds. The summed E-state index contributed by atoms with van der Waals surface area (Å²) >= 11 is 0. The van der Waals surface area contributed by atoms with E-state index < -0.39 is 0 Å². The smallest absolute Gasteiger partial charge is 0.271 e. The Bertz CT molecular complexity index is 1020. The summed E-state index contributed by atoms with van der Waals surface area (Å²) in [6, 6.07) is 16.3. The molecule has 1 saturated heterocycles. The summed E-state index contributed by atoms with van der Waals surface area (Å²) in [6.07, 6.45) is 0.925. The van der Waals surface area contributed by atoms with Gasteiger partial charge in [0.2, 0.25) is 0 Å². The molecule has 1 aliphatic heterocycles. The van der Waals surface area contributed by atoms with Gasteiger partial charge in [-0.05, 0) is 49.1 Å². The SMILES string of the molecule is CCc1cc(-n2nc(C)n(C(C)c3ccccc3)c2=O)ccc1C1CNNC1. The Balaban J connectivity index is 1.73. The first-order valence-corrected chi connectivity index (χ1v) is 9.92. The highest BCUT2D eigenvalue weighted by atomic mass is 16.2. The fourth-order valence-electron chi connectivity index (χ4n) is 4.08. The Morgan fingerprint density at radius 3 is 2.54 bits per heavy atom. The van der Waals surface area contributed by atoms with Crippen LogP contribution in [0.4, 0.5) is 0 Å². The lowest BCUT2D eigenvalue weighted by atomic mass is 9.93. The van der Waals surface area contributed by atoms with Crippen LogP contribution in [-0.2, 0) is 6.42 Å². The normalized spacial score (nSPS) is 15.8. The van der Waals surface area contributed by atoms with Gasteiger partial charge >= 0.3 is 5.69 Å². The Kier molecular flexibility index (Phi) is 5.15. The summed E-state index contributed by atoms with van der Waals surface area (Å²) in [5, 5.41) is 4.57. The molecule has 1 aromatic heterocycles. The van der Waals surface area contributed by atoms with Crippen molar-refractivity contribution in [3.63, 3.8) is 0 Å². The largest absolute Gasteiger partial charge is 0.351 e. The fraction of sp³-hybridized carbons (Fsp3) is 0.364. The van der Waals surface area contributed by atoms with Crippen molar-refractivity contribution >= 4 is 0 Å². The number of hydrogen-bond donors (Lipinski definition) is 2. The van der Waals surface area contributed by atoms with Gasteiger partial charge in [-0.2, -0.15) is 9.78 Å². The number of nitrogens with one attached hydrogen (secondary N) is 2. The molecule has 0 spiro atoms. The quantitative estimate of drug-likeness (QED) is 0.718. The van der Waals surface area contributed by atoms with E-state index in [4.69, 9.17) is 0 Å². The molecular formula is C22H27N5O. The maximum absolute atomic E-state index is 13.2. The Morgan fingerprint density at radius 2 is 1.86 bits per heavy atom. The van der Waals surface area contributed by atoms with Crippen LogP contribution in [0.1, 0.15) is 48.3 Å². The zero-order valence-electron chi connectivity index (χ0n) is 16.6. The lowest BCUT2D eigenvalue weighted by Gasteiger charge is -2.15. The van der Waals surface area contributed by atoms with Gasteiger partial charge in [0.15, 0.2) is 0 Å². The zero-order valence-corrected chi connectivity index (χ0v) is 16.6. The molecule has 2 N–H and O–H groups in total. The maximum atomic E-state index is 13.2. The highest BCUT2D eigenvalue weighted by Crippen LogP contribution is 2.24. The van der Waals surface area contributed by atoms with Crippen molar-refractivity contribution in [2.75, 3.05) is 13.1 Å². The Morgan fingerprint density at radius 1 is 1.14 bits per heavy atom. The minimum absolute atomic E-state index is 0.0667. The van der Waals surface area contributed by atoms with Gasteiger partial charge in [-0.25, -0.2) is 4.79 Å². The minimum atomic E-state index is -0.104. The summed E-state index contributed by atoms with van der Waals surface area (Å²) in [6.45, 7) is 7.94. The van der Waals surface area contributed by atoms with Gasteiger partial charge in [0.1, 0.15) is 5.82 Å². The van der Waals surface area contributed by atoms with Crippen LogP contribution >= 0.6 is 0 Å². The third kappa shape index (κ3) is 3.30. The van der Waals surface area contributed by atoms with Crippen molar-refractivity contribution in [2.24, 2.45) is 0 Å². The molecule has 3 aromatic rings. The minimum Gasteiger partial charge on any atom is -0.271 e. The number of aromatic nitrogens is 3. The van der Waals surface area contributed by atoms with Gasteiger partial charge in [-0.3, -0.25) is 15.4 Å². The van der Waals surface area contributed by atoms with E-state index in [1.807, 2.05) is 50.2 Å². The van der Waals surface area contributed by atoms with E-state index in [0.29, 0.717) is 11.7 Å². The second-order valence-electron chi connectivity index (χ2n) is 7.39. The van der Waals surface area contributed by atoms with Gasteiger partial charge < -0.3 is 0 Å². The van der Waals surface area contributed by atoms with E-state index in [9.17, 15) is 4.79 Å². The lowest BCUT2D eigenvalue weighted by Crippen LogP contribution is -2.27. The predicted octanol–water partition coefficient (Wildman–Crippen LogP) is 2.71. The number of nitrogens with zero attached hydrogens (tertiary/aromatic N) is 3. The second-order valence-corrected chi connectivity index (χ2v) is 7.39. The molecule has 146 valence electrons. The molecule has 0 bridgehead atoms. The standard InChI is InChI=1S/C22H27N5O/c1-4-17-12-20(10-11-21(17)19-13-23-24-14-19)27-22(28)26(16(3)25-27)15(2)18-8-6-5-7-9-18/h5-12,15,19,23-24H,4,13-14H2,1-3H3. The van der Waals surface area contributed by atoms with Crippen LogP contribution in [0.15, 0.2) is 53.3 Å². The number of aryl methyl sites for hydroxylation is 2. The molecule has 1 aliphatic rings. The van der Waals surface area contributed by atoms with Crippen LogP contribution in [-0.4, -0.2) is 27.4 Å². The first kappa shape index (κ1) is 18.7. The van der Waals surface area contributed by atoms with E-state index in [2.05, 4.69) is 35.0 Å². The van der Waals surface area contributed by atoms with Crippen molar-refractivity contribution in [1.29, 1.82) is 0 Å². The second kappa shape index (κ2) is 7.73. The van der Waals surface area contributed by atoms with E-state index in [0.717, 1.165) is 30.8 Å². The van der Waals surface area contributed by atoms with Gasteiger partial charge in [0, 0.05) is 19.0 Å². The molecule has 1 fully saturated rings. The van der Waals surface area contributed by atoms with Gasteiger partial charge in [-0.1, -0.05) is 43.3 Å². The molecule has 0 aliphatic carbocycles. The van der Waals surface area contributed by atoms with E-state index in [-0.39, 0.29) is 11.7 Å². The van der Waals surface area contributed by atoms with Crippen LogP contribution in [0.2, 0.25) is 0 Å². The third-order valence-electron chi connectivity index (χ3n) is 5.66. The van der Waals surface area contributed by atoms with E-state index >= 15 is 0 Å². The van der Waals surface area contributed by atoms with Crippen LogP contribution in [0.25, 0.3) is 5.69 Å². The van der Waals surface area contributed by atoms with Crippen molar-refractivity contribution < 1.29 is 0 Å².